The molecule has 12 nitrogen and oxygen atoms in total. The number of ketones is 1. The molecule has 4 aromatic heterocycles. The van der Waals surface area contributed by atoms with E-state index in [2.05, 4.69) is 25.4 Å². The number of hydrogen-bond donors (Lipinski definition) is 1. The zero-order valence-corrected chi connectivity index (χ0v) is 27.4. The Kier molecular flexibility index (Phi) is 7.57. The Labute approximate surface area is 278 Å². The number of pyridine rings is 1. The van der Waals surface area contributed by atoms with E-state index in [9.17, 15) is 27.6 Å². The Balaban J connectivity index is 1.19. The van der Waals surface area contributed by atoms with Crippen LogP contribution >= 0.6 is 0 Å². The number of ether oxygens (including phenoxy) is 1. The van der Waals surface area contributed by atoms with Crippen LogP contribution in [0.1, 0.15) is 59.7 Å². The van der Waals surface area contributed by atoms with Gasteiger partial charge in [-0.3, -0.25) is 14.4 Å². The van der Waals surface area contributed by atoms with E-state index in [4.69, 9.17) is 4.74 Å². The van der Waals surface area contributed by atoms with Crippen LogP contribution in [0.3, 0.4) is 0 Å². The summed E-state index contributed by atoms with van der Waals surface area (Å²) >= 11 is 0. The molecule has 0 spiro atoms. The van der Waals surface area contributed by atoms with Crippen molar-refractivity contribution in [3.8, 4) is 11.1 Å². The molecule has 1 aliphatic carbocycles. The minimum absolute atomic E-state index is 0.0695. The largest absolute Gasteiger partial charge is 0.433 e. The van der Waals surface area contributed by atoms with Crippen LogP contribution in [0.15, 0.2) is 42.9 Å². The van der Waals surface area contributed by atoms with E-state index >= 15 is 0 Å². The minimum atomic E-state index is -4.71. The molecule has 3 atom stereocenters. The Hall–Kier alpha value is -5.18. The normalized spacial score (nSPS) is 20.2. The molecule has 7 rings (SSSR count). The number of nitrogens with one attached hydrogen (secondary N) is 1. The van der Waals surface area contributed by atoms with Crippen LogP contribution < -0.4 is 5.32 Å². The van der Waals surface area contributed by atoms with Crippen molar-refractivity contribution >= 4 is 40.1 Å². The Morgan fingerprint density at radius 2 is 1.86 bits per heavy atom. The molecule has 0 unspecified atom stereocenters. The first-order valence-corrected chi connectivity index (χ1v) is 15.7. The number of hydrogen-bond acceptors (Lipinski definition) is 8. The maximum absolute atomic E-state index is 14.1. The van der Waals surface area contributed by atoms with E-state index in [1.807, 2.05) is 32.2 Å². The monoisotopic (exact) mass is 674 g/mol. The number of fused-ring (bicyclic) bond motifs is 3. The number of piperidine rings is 1. The SMILES string of the molecule is COCc1ccc(C(F)(F)F)nc1NC(=O)[C@@H]1C[C@@]2(C)C[C@H]2N1C(=O)Cn1cc(C(C)=O)c2cc(-c3cnc4nc(C)nn4c3)cc(C)c21. The van der Waals surface area contributed by atoms with Crippen LogP contribution in [0.25, 0.3) is 27.8 Å². The maximum atomic E-state index is 14.1. The molecule has 254 valence electrons. The number of amides is 2. The summed E-state index contributed by atoms with van der Waals surface area (Å²) in [6.07, 6.45) is 1.51. The van der Waals surface area contributed by atoms with Crippen LogP contribution in [0.4, 0.5) is 19.0 Å². The van der Waals surface area contributed by atoms with Crippen molar-refractivity contribution in [1.82, 2.24) is 34.0 Å². The summed E-state index contributed by atoms with van der Waals surface area (Å²) in [5, 5.41) is 7.57. The first-order chi connectivity index (χ1) is 23.2. The number of halogens is 3. The van der Waals surface area contributed by atoms with Crippen LogP contribution in [-0.2, 0) is 33.7 Å². The van der Waals surface area contributed by atoms with Gasteiger partial charge in [-0.15, -0.1) is 0 Å². The topological polar surface area (TPSA) is 137 Å². The number of carbonyl (C=O) groups is 3. The van der Waals surface area contributed by atoms with Crippen LogP contribution in [0.5, 0.6) is 0 Å². The zero-order chi connectivity index (χ0) is 35.0. The lowest BCUT2D eigenvalue weighted by Crippen LogP contribution is -2.46. The third-order valence-electron chi connectivity index (χ3n) is 9.52. The number of nitrogens with zero attached hydrogens (tertiary/aromatic N) is 7. The molecule has 15 heteroatoms. The van der Waals surface area contributed by atoms with Gasteiger partial charge in [0, 0.05) is 53.8 Å². The molecule has 49 heavy (non-hydrogen) atoms. The van der Waals surface area contributed by atoms with Crippen molar-refractivity contribution in [2.24, 2.45) is 5.41 Å². The molecule has 5 heterocycles. The summed E-state index contributed by atoms with van der Waals surface area (Å²) < 4.78 is 48.8. The third kappa shape index (κ3) is 5.71. The first kappa shape index (κ1) is 32.4. The molecule has 0 bridgehead atoms. The lowest BCUT2D eigenvalue weighted by molar-refractivity contribution is -0.141. The highest BCUT2D eigenvalue weighted by Crippen LogP contribution is 2.59. The molecule has 1 saturated heterocycles. The Bertz CT molecular complexity index is 2190. The average Bonchev–Trinajstić information content (AvgIpc) is 3.30. The predicted octanol–water partition coefficient (Wildman–Crippen LogP) is 5.14. The Morgan fingerprint density at radius 3 is 2.57 bits per heavy atom. The van der Waals surface area contributed by atoms with Crippen molar-refractivity contribution < 1.29 is 32.3 Å². The maximum Gasteiger partial charge on any atom is 0.433 e. The number of likely N-dealkylation sites (tertiary alicyclic amines) is 1. The van der Waals surface area contributed by atoms with E-state index in [1.165, 1.54) is 20.1 Å². The van der Waals surface area contributed by atoms with E-state index in [0.29, 0.717) is 40.9 Å². The van der Waals surface area contributed by atoms with Crippen LogP contribution in [0.2, 0.25) is 0 Å². The molecule has 0 radical (unpaired) electrons. The molecular formula is C34H33F3N8O4. The van der Waals surface area contributed by atoms with Crippen molar-refractivity contribution in [2.45, 2.75) is 71.9 Å². The summed E-state index contributed by atoms with van der Waals surface area (Å²) in [4.78, 5) is 54.5. The standard InChI is InChI=1S/C34H33F3N8O4/c1-17-8-21(22-12-38-32-39-19(3)42-44(32)13-22)9-23-24(18(2)46)14-43(29(17)23)15-28(47)45-25(10-33(4)11-27(33)45)31(48)41-30-20(16-49-5)6-7-26(40-30)34(35,36)37/h6-9,12-14,25,27H,10-11,15-16H2,1-5H3,(H,40,41,48)/t25-,27+,33-/m0/s1. The van der Waals surface area contributed by atoms with Gasteiger partial charge in [0.05, 0.1) is 12.1 Å². The second kappa shape index (κ2) is 11.5. The van der Waals surface area contributed by atoms with Crippen molar-refractivity contribution in [3.05, 3.63) is 71.1 Å². The fraction of sp³-hybridized carbons (Fsp3) is 0.382. The summed E-state index contributed by atoms with van der Waals surface area (Å²) in [5.41, 5.74) is 2.35. The number of rotatable bonds is 8. The van der Waals surface area contributed by atoms with Crippen molar-refractivity contribution in [3.63, 3.8) is 0 Å². The van der Waals surface area contributed by atoms with E-state index in [0.717, 1.165) is 22.8 Å². The molecular weight excluding hydrogens is 641 g/mol. The van der Waals surface area contributed by atoms with Crippen LogP contribution in [0, 0.1) is 19.3 Å². The number of alkyl halides is 3. The number of benzene rings is 1. The average molecular weight is 675 g/mol. The van der Waals surface area contributed by atoms with Gasteiger partial charge < -0.3 is 19.5 Å². The second-order valence-electron chi connectivity index (χ2n) is 13.2. The van der Waals surface area contributed by atoms with Gasteiger partial charge in [-0.05, 0) is 68.4 Å². The number of Topliss-reactive ketones (excluding diaryl/α,β-unsaturated/α-hetero) is 1. The number of methoxy groups -OCH3 is 1. The summed E-state index contributed by atoms with van der Waals surface area (Å²) in [7, 11) is 1.38. The second-order valence-corrected chi connectivity index (χ2v) is 13.2. The molecule has 2 aliphatic rings. The molecule has 1 saturated carbocycles. The molecule has 5 aromatic rings. The quantitative estimate of drug-likeness (QED) is 0.224. The van der Waals surface area contributed by atoms with Crippen molar-refractivity contribution in [1.29, 1.82) is 0 Å². The van der Waals surface area contributed by atoms with Gasteiger partial charge in [0.15, 0.2) is 5.78 Å². The zero-order valence-electron chi connectivity index (χ0n) is 27.4. The van der Waals surface area contributed by atoms with Crippen LogP contribution in [-0.4, -0.2) is 70.8 Å². The van der Waals surface area contributed by atoms with E-state index in [-0.39, 0.29) is 47.7 Å². The smallest absolute Gasteiger partial charge is 0.380 e. The minimum Gasteiger partial charge on any atom is -0.380 e. The van der Waals surface area contributed by atoms with Gasteiger partial charge >= 0.3 is 6.18 Å². The number of aromatic nitrogens is 6. The lowest BCUT2D eigenvalue weighted by atomic mass is 10.0. The van der Waals surface area contributed by atoms with Gasteiger partial charge in [0.25, 0.3) is 5.78 Å². The van der Waals surface area contributed by atoms with Gasteiger partial charge in [0.1, 0.15) is 29.9 Å². The highest BCUT2D eigenvalue weighted by atomic mass is 19.4. The first-order valence-electron chi connectivity index (χ1n) is 15.7. The van der Waals surface area contributed by atoms with Gasteiger partial charge in [0.2, 0.25) is 11.8 Å². The highest BCUT2D eigenvalue weighted by Gasteiger charge is 2.64. The van der Waals surface area contributed by atoms with E-state index < -0.39 is 23.8 Å². The molecule has 1 aromatic carbocycles. The third-order valence-corrected chi connectivity index (χ3v) is 9.52. The number of carbonyl (C=O) groups excluding carboxylic acids is 3. The number of aryl methyl sites for hydroxylation is 2. The Morgan fingerprint density at radius 1 is 1.08 bits per heavy atom. The van der Waals surface area contributed by atoms with E-state index in [1.54, 1.807) is 33.3 Å². The van der Waals surface area contributed by atoms with Gasteiger partial charge in [-0.1, -0.05) is 13.0 Å². The number of anilines is 1. The molecule has 1 N–H and O–H groups in total. The fourth-order valence-electron chi connectivity index (χ4n) is 7.08. The highest BCUT2D eigenvalue weighted by molar-refractivity contribution is 6.09. The molecule has 2 amide bonds. The molecule has 2 fully saturated rings. The fourth-order valence-corrected chi connectivity index (χ4v) is 7.08. The van der Waals surface area contributed by atoms with Crippen molar-refractivity contribution in [2.75, 3.05) is 12.4 Å². The molecule has 1 aliphatic heterocycles. The summed E-state index contributed by atoms with van der Waals surface area (Å²) in [6, 6.07) is 4.76. The predicted molar refractivity (Wildman–Crippen MR) is 172 cm³/mol. The summed E-state index contributed by atoms with van der Waals surface area (Å²) in [6.45, 7) is 6.90. The van der Waals surface area contributed by atoms with Gasteiger partial charge in [-0.2, -0.15) is 23.3 Å². The lowest BCUT2D eigenvalue weighted by Gasteiger charge is -2.27. The van der Waals surface area contributed by atoms with Gasteiger partial charge in [-0.25, -0.2) is 14.5 Å². The summed E-state index contributed by atoms with van der Waals surface area (Å²) in [5.74, 6) is -0.350.